The smallest absolute Gasteiger partial charge is 0.305 e. The van der Waals surface area contributed by atoms with E-state index in [4.69, 9.17) is 9.47 Å². The van der Waals surface area contributed by atoms with Crippen molar-refractivity contribution < 1.29 is 29.3 Å². The molecule has 0 bridgehead atoms. The first kappa shape index (κ1) is 50.1. The molecule has 338 valence electrons. The van der Waals surface area contributed by atoms with Gasteiger partial charge in [0.15, 0.2) is 0 Å². The van der Waals surface area contributed by atoms with Crippen molar-refractivity contribution in [3.8, 4) is 11.5 Å². The Bertz CT molecular complexity index is 1810. The number of ether oxygens (including phenoxy) is 2. The number of aryl methyl sites for hydroxylation is 4. The Hall–Kier alpha value is -4.58. The quantitative estimate of drug-likeness (QED) is 0.0510. The van der Waals surface area contributed by atoms with E-state index in [-0.39, 0.29) is 22.8 Å². The summed E-state index contributed by atoms with van der Waals surface area (Å²) in [4.78, 5) is 25.1. The van der Waals surface area contributed by atoms with E-state index >= 15 is 0 Å². The van der Waals surface area contributed by atoms with Gasteiger partial charge < -0.3 is 19.7 Å². The zero-order valence-corrected chi connectivity index (χ0v) is 39.5. The number of esters is 2. The third kappa shape index (κ3) is 16.6. The van der Waals surface area contributed by atoms with Crippen LogP contribution in [0.2, 0.25) is 0 Å². The minimum absolute atomic E-state index is 0.114. The lowest BCUT2D eigenvalue weighted by Gasteiger charge is -2.29. The molecule has 2 atom stereocenters. The largest absolute Gasteiger partial charge is 0.507 e. The maximum Gasteiger partial charge on any atom is 0.305 e. The molecule has 2 N–H and O–H groups in total. The summed E-state index contributed by atoms with van der Waals surface area (Å²) < 4.78 is 11.2. The molecule has 4 rings (SSSR count). The van der Waals surface area contributed by atoms with Gasteiger partial charge in [0.25, 0.3) is 0 Å². The third-order valence-electron chi connectivity index (χ3n) is 12.3. The summed E-state index contributed by atoms with van der Waals surface area (Å²) in [6.45, 7) is 17.4. The molecular formula is C56H78O6. The van der Waals surface area contributed by atoms with Crippen molar-refractivity contribution in [2.75, 3.05) is 13.2 Å². The van der Waals surface area contributed by atoms with Crippen LogP contribution in [-0.4, -0.2) is 35.4 Å². The molecule has 0 saturated carbocycles. The van der Waals surface area contributed by atoms with Gasteiger partial charge in [0.1, 0.15) is 11.5 Å². The lowest BCUT2D eigenvalue weighted by Crippen LogP contribution is -2.13. The average Bonchev–Trinajstić information content (AvgIpc) is 3.23. The van der Waals surface area contributed by atoms with Crippen molar-refractivity contribution in [3.05, 3.63) is 129 Å². The normalized spacial score (nSPS) is 12.8. The first-order chi connectivity index (χ1) is 29.5. The fourth-order valence-corrected chi connectivity index (χ4v) is 8.78. The van der Waals surface area contributed by atoms with Crippen molar-refractivity contribution in [2.24, 2.45) is 0 Å². The van der Waals surface area contributed by atoms with Crippen LogP contribution < -0.4 is 0 Å². The van der Waals surface area contributed by atoms with Crippen LogP contribution in [0.15, 0.2) is 84.9 Å². The van der Waals surface area contributed by atoms with Crippen LogP contribution in [0, 0.1) is 13.8 Å². The Balaban J connectivity index is 1.16. The van der Waals surface area contributed by atoms with E-state index < -0.39 is 0 Å². The van der Waals surface area contributed by atoms with E-state index in [0.29, 0.717) is 49.4 Å². The number of carbonyl (C=O) groups excluding carboxylic acids is 2. The maximum atomic E-state index is 12.6. The summed E-state index contributed by atoms with van der Waals surface area (Å²) in [6, 6.07) is 30.2. The molecular weight excluding hydrogens is 769 g/mol. The molecule has 0 aliphatic heterocycles. The van der Waals surface area contributed by atoms with Crippen LogP contribution in [0.1, 0.15) is 188 Å². The highest BCUT2D eigenvalue weighted by molar-refractivity contribution is 5.69. The van der Waals surface area contributed by atoms with E-state index in [1.54, 1.807) is 0 Å². The summed E-state index contributed by atoms with van der Waals surface area (Å²) in [5.74, 6) is 1.33. The molecule has 0 aromatic heterocycles. The molecule has 0 aliphatic carbocycles. The predicted octanol–water partition coefficient (Wildman–Crippen LogP) is 14.2. The molecule has 62 heavy (non-hydrogen) atoms. The van der Waals surface area contributed by atoms with Gasteiger partial charge in [-0.05, 0) is 132 Å². The lowest BCUT2D eigenvalue weighted by molar-refractivity contribution is -0.144. The lowest BCUT2D eigenvalue weighted by atomic mass is 9.76. The fourth-order valence-electron chi connectivity index (χ4n) is 8.78. The second kappa shape index (κ2) is 24.9. The number of phenolic OH excluding ortho intramolecular Hbond substituents is 2. The number of phenols is 2. The number of rotatable bonds is 25. The minimum atomic E-state index is -0.138. The number of aromatic hydroxyl groups is 2. The number of unbranched alkanes of at least 4 members (excludes halogenated alkanes) is 6. The number of hydrogen-bond acceptors (Lipinski definition) is 6. The van der Waals surface area contributed by atoms with Gasteiger partial charge in [-0.25, -0.2) is 0 Å². The molecule has 6 nitrogen and oxygen atoms in total. The second-order valence-electron chi connectivity index (χ2n) is 19.7. The second-order valence-corrected chi connectivity index (χ2v) is 19.7. The average molecular weight is 847 g/mol. The monoisotopic (exact) mass is 847 g/mol. The Morgan fingerprint density at radius 2 is 0.855 bits per heavy atom. The highest BCUT2D eigenvalue weighted by atomic mass is 16.5. The molecule has 2 unspecified atom stereocenters. The molecule has 0 radical (unpaired) electrons. The molecule has 4 aromatic carbocycles. The number of hydrogen-bond donors (Lipinski definition) is 2. The molecule has 0 saturated heterocycles. The van der Waals surface area contributed by atoms with Gasteiger partial charge in [-0.2, -0.15) is 0 Å². The van der Waals surface area contributed by atoms with E-state index in [0.717, 1.165) is 112 Å². The standard InChI is InChI=1S/C56H78O6/c1-41-37-43(39-49(53(41)59)55(3,4)5)25-23-35-61-51(57)33-21-11-9-19-31-47(45-27-15-13-16-28-45)48(46-29-17-14-18-30-46)32-20-10-12-22-34-52(58)62-36-24-26-44-38-42(2)54(60)50(40-44)56(6,7)8/h13-18,27-30,37-40,47-48,59-60H,9-12,19-26,31-36H2,1-8H3. The Labute approximate surface area is 374 Å². The van der Waals surface area contributed by atoms with Gasteiger partial charge in [0.05, 0.1) is 13.2 Å². The molecule has 6 heteroatoms. The molecule has 0 aliphatic rings. The van der Waals surface area contributed by atoms with Crippen LogP contribution in [0.5, 0.6) is 11.5 Å². The van der Waals surface area contributed by atoms with Crippen molar-refractivity contribution >= 4 is 11.9 Å². The Morgan fingerprint density at radius 3 is 1.21 bits per heavy atom. The first-order valence-corrected chi connectivity index (χ1v) is 23.6. The number of carbonyl (C=O) groups is 2. The van der Waals surface area contributed by atoms with Crippen LogP contribution >= 0.6 is 0 Å². The molecule has 0 heterocycles. The topological polar surface area (TPSA) is 93.1 Å². The Kier molecular flexibility index (Phi) is 20.1. The van der Waals surface area contributed by atoms with Crippen molar-refractivity contribution in [3.63, 3.8) is 0 Å². The molecule has 0 amide bonds. The first-order valence-electron chi connectivity index (χ1n) is 23.6. The summed E-state index contributed by atoms with van der Waals surface area (Å²) in [5, 5.41) is 21.1. The van der Waals surface area contributed by atoms with Crippen LogP contribution in [0.3, 0.4) is 0 Å². The van der Waals surface area contributed by atoms with Gasteiger partial charge in [0, 0.05) is 12.8 Å². The van der Waals surface area contributed by atoms with Crippen LogP contribution in [0.25, 0.3) is 0 Å². The van der Waals surface area contributed by atoms with Crippen molar-refractivity contribution in [1.29, 1.82) is 0 Å². The summed E-state index contributed by atoms with van der Waals surface area (Å²) >= 11 is 0. The van der Waals surface area contributed by atoms with Crippen molar-refractivity contribution in [2.45, 2.75) is 181 Å². The zero-order chi connectivity index (χ0) is 45.1. The fraction of sp³-hybridized carbons (Fsp3) is 0.536. The zero-order valence-electron chi connectivity index (χ0n) is 39.5. The van der Waals surface area contributed by atoms with E-state index in [9.17, 15) is 19.8 Å². The highest BCUT2D eigenvalue weighted by Gasteiger charge is 2.25. The van der Waals surface area contributed by atoms with Gasteiger partial charge in [-0.1, -0.05) is 165 Å². The van der Waals surface area contributed by atoms with Crippen molar-refractivity contribution in [1.82, 2.24) is 0 Å². The van der Waals surface area contributed by atoms with Gasteiger partial charge >= 0.3 is 11.9 Å². The van der Waals surface area contributed by atoms with Gasteiger partial charge in [0.2, 0.25) is 0 Å². The Morgan fingerprint density at radius 1 is 0.500 bits per heavy atom. The molecule has 0 fully saturated rings. The van der Waals surface area contributed by atoms with Crippen LogP contribution in [0.4, 0.5) is 0 Å². The van der Waals surface area contributed by atoms with Crippen LogP contribution in [-0.2, 0) is 42.7 Å². The minimum Gasteiger partial charge on any atom is -0.507 e. The van der Waals surface area contributed by atoms with E-state index in [1.165, 1.54) is 22.3 Å². The summed E-state index contributed by atoms with van der Waals surface area (Å²) in [6.07, 6.45) is 14.3. The van der Waals surface area contributed by atoms with Gasteiger partial charge in [-0.3, -0.25) is 9.59 Å². The predicted molar refractivity (Wildman–Crippen MR) is 255 cm³/mol. The SMILES string of the molecule is Cc1cc(CCCOC(=O)CCCCCCC(c2ccccc2)C(CCCCCCC(=O)OCCCc2cc(C)c(O)c(C(C)(C)C)c2)c2ccccc2)cc(C(C)(C)C)c1O. The third-order valence-corrected chi connectivity index (χ3v) is 12.3. The maximum absolute atomic E-state index is 12.6. The molecule has 4 aromatic rings. The van der Waals surface area contributed by atoms with E-state index in [2.05, 4.69) is 114 Å². The number of benzene rings is 4. The summed E-state index contributed by atoms with van der Waals surface area (Å²) in [7, 11) is 0. The molecule has 0 spiro atoms. The summed E-state index contributed by atoms with van der Waals surface area (Å²) in [5.41, 5.74) is 8.53. The highest BCUT2D eigenvalue weighted by Crippen LogP contribution is 2.41. The van der Waals surface area contributed by atoms with E-state index in [1.807, 2.05) is 26.0 Å². The van der Waals surface area contributed by atoms with Gasteiger partial charge in [-0.15, -0.1) is 0 Å².